The third kappa shape index (κ3) is 4.56. The summed E-state index contributed by atoms with van der Waals surface area (Å²) in [5.74, 6) is -0.0685. The highest BCUT2D eigenvalue weighted by Crippen LogP contribution is 2.36. The highest BCUT2D eigenvalue weighted by atomic mass is 35.5. The van der Waals surface area contributed by atoms with Gasteiger partial charge < -0.3 is 20.5 Å². The number of amides is 1. The number of primary amides is 1. The van der Waals surface area contributed by atoms with Gasteiger partial charge in [0.25, 0.3) is 5.91 Å². The lowest BCUT2D eigenvalue weighted by Gasteiger charge is -2.15. The number of anilines is 2. The van der Waals surface area contributed by atoms with E-state index in [1.165, 1.54) is 20.3 Å². The van der Waals surface area contributed by atoms with Crippen molar-refractivity contribution in [1.29, 1.82) is 0 Å². The monoisotopic (exact) mass is 517 g/mol. The van der Waals surface area contributed by atoms with Crippen LogP contribution in [0.4, 0.5) is 16.0 Å². The van der Waals surface area contributed by atoms with Crippen LogP contribution in [0.15, 0.2) is 65.8 Å². The summed E-state index contributed by atoms with van der Waals surface area (Å²) >= 11 is 6.36. The largest absolute Gasteiger partial charge is 0.496 e. The molecule has 2 heterocycles. The Balaban J connectivity index is 1.60. The Hall–Kier alpha value is -4.50. The predicted octanol–water partition coefficient (Wildman–Crippen LogP) is 5.15. The first kappa shape index (κ1) is 24.2. The van der Waals surface area contributed by atoms with Crippen molar-refractivity contribution in [2.24, 2.45) is 10.7 Å². The molecule has 3 N–H and O–H groups in total. The molecule has 0 radical (unpaired) electrons. The van der Waals surface area contributed by atoms with Crippen LogP contribution < -0.4 is 20.5 Å². The first-order chi connectivity index (χ1) is 17.9. The zero-order valence-electron chi connectivity index (χ0n) is 19.9. The lowest BCUT2D eigenvalue weighted by atomic mass is 9.94. The lowest BCUT2D eigenvalue weighted by Crippen LogP contribution is -2.12. The molecule has 5 rings (SSSR count). The fourth-order valence-electron chi connectivity index (χ4n) is 4.20. The fourth-order valence-corrected chi connectivity index (χ4v) is 4.38. The molecule has 1 aromatic heterocycles. The summed E-state index contributed by atoms with van der Waals surface area (Å²) in [5.41, 5.74) is 9.62. The van der Waals surface area contributed by atoms with Gasteiger partial charge in [0, 0.05) is 39.7 Å². The van der Waals surface area contributed by atoms with Crippen LogP contribution in [0.5, 0.6) is 11.5 Å². The number of carbonyl (C=O) groups excluding carboxylic acids is 1. The molecule has 0 saturated carbocycles. The Bertz CT molecular complexity index is 1570. The van der Waals surface area contributed by atoms with Crippen LogP contribution in [0.25, 0.3) is 11.3 Å². The summed E-state index contributed by atoms with van der Waals surface area (Å²) in [5, 5.41) is 3.60. The van der Waals surface area contributed by atoms with Gasteiger partial charge in [0.15, 0.2) is 0 Å². The normalized spacial score (nSPS) is 12.1. The maximum absolute atomic E-state index is 15.1. The van der Waals surface area contributed by atoms with Gasteiger partial charge in [-0.2, -0.15) is 0 Å². The fraction of sp³-hybridized carbons (Fsp3) is 0.111. The molecular formula is C27H21ClFN5O3. The average Bonchev–Trinajstić information content (AvgIpc) is 3.04. The van der Waals surface area contributed by atoms with Gasteiger partial charge in [-0.15, -0.1) is 0 Å². The maximum Gasteiger partial charge on any atom is 0.252 e. The van der Waals surface area contributed by atoms with Crippen molar-refractivity contribution in [2.45, 2.75) is 6.54 Å². The molecule has 1 aliphatic rings. The topological polar surface area (TPSA) is 112 Å². The van der Waals surface area contributed by atoms with E-state index in [0.29, 0.717) is 50.7 Å². The summed E-state index contributed by atoms with van der Waals surface area (Å²) in [6.45, 7) is 0.218. The van der Waals surface area contributed by atoms with Crippen LogP contribution in [0.1, 0.15) is 27.0 Å². The second-order valence-electron chi connectivity index (χ2n) is 8.14. The van der Waals surface area contributed by atoms with Crippen molar-refractivity contribution in [3.63, 3.8) is 0 Å². The molecule has 1 aliphatic heterocycles. The van der Waals surface area contributed by atoms with Crippen molar-refractivity contribution in [3.05, 3.63) is 93.9 Å². The van der Waals surface area contributed by atoms with E-state index in [0.717, 1.165) is 5.56 Å². The van der Waals surface area contributed by atoms with E-state index in [9.17, 15) is 4.79 Å². The summed E-state index contributed by atoms with van der Waals surface area (Å²) in [4.78, 5) is 25.5. The standard InChI is InChI=1S/C27H21ClFN5O3/c1-36-21-5-3-4-20(29)23(21)25-19-10-15(28)6-8-17(19)24-14(12-31-25)13-32-27(34-24)33-16-7-9-18(26(30)35)22(11-16)37-2/h3-11,13H,12H2,1-2H3,(H2,30,35)(H,32,33,34). The highest BCUT2D eigenvalue weighted by Gasteiger charge is 2.25. The van der Waals surface area contributed by atoms with Gasteiger partial charge in [-0.05, 0) is 36.4 Å². The SMILES string of the molecule is COc1cc(Nc2ncc3c(n2)-c2ccc(Cl)cc2C(c2c(F)cccc2OC)=NC3)ccc1C(N)=O. The minimum absolute atomic E-state index is 0.218. The number of aliphatic imine (C=N–C) groups is 1. The van der Waals surface area contributed by atoms with Crippen LogP contribution >= 0.6 is 11.6 Å². The average molecular weight is 518 g/mol. The molecule has 1 amide bonds. The number of fused-ring (bicyclic) bond motifs is 3. The number of carbonyl (C=O) groups is 1. The van der Waals surface area contributed by atoms with Crippen LogP contribution in [0, 0.1) is 5.82 Å². The van der Waals surface area contributed by atoms with Gasteiger partial charge >= 0.3 is 0 Å². The minimum atomic E-state index is -0.595. The molecule has 0 aliphatic carbocycles. The number of aromatic nitrogens is 2. The Labute approximate surface area is 217 Å². The van der Waals surface area contributed by atoms with Crippen LogP contribution in [-0.2, 0) is 6.54 Å². The number of benzene rings is 3. The molecule has 0 spiro atoms. The molecule has 186 valence electrons. The number of nitrogens with two attached hydrogens (primary N) is 1. The van der Waals surface area contributed by atoms with Gasteiger partial charge in [0.2, 0.25) is 5.95 Å². The molecule has 4 aromatic rings. The van der Waals surface area contributed by atoms with Gasteiger partial charge in [0.05, 0.1) is 43.3 Å². The Kier molecular flexibility index (Phi) is 6.45. The first-order valence-corrected chi connectivity index (χ1v) is 11.6. The molecule has 0 unspecified atom stereocenters. The Morgan fingerprint density at radius 2 is 1.86 bits per heavy atom. The Morgan fingerprint density at radius 3 is 2.62 bits per heavy atom. The van der Waals surface area contributed by atoms with E-state index in [4.69, 9.17) is 36.8 Å². The molecule has 0 bridgehead atoms. The molecule has 0 saturated heterocycles. The zero-order valence-corrected chi connectivity index (χ0v) is 20.6. The first-order valence-electron chi connectivity index (χ1n) is 11.2. The molecular weight excluding hydrogens is 497 g/mol. The predicted molar refractivity (Wildman–Crippen MR) is 140 cm³/mol. The minimum Gasteiger partial charge on any atom is -0.496 e. The number of hydrogen-bond acceptors (Lipinski definition) is 7. The summed E-state index contributed by atoms with van der Waals surface area (Å²) in [7, 11) is 2.94. The summed E-state index contributed by atoms with van der Waals surface area (Å²) in [6.07, 6.45) is 1.67. The number of rotatable bonds is 6. The van der Waals surface area contributed by atoms with Crippen LogP contribution in [0.3, 0.4) is 0 Å². The van der Waals surface area contributed by atoms with Crippen molar-refractivity contribution < 1.29 is 18.7 Å². The molecule has 8 nitrogen and oxygen atoms in total. The van der Waals surface area contributed by atoms with Gasteiger partial charge in [-0.3, -0.25) is 9.79 Å². The van der Waals surface area contributed by atoms with Gasteiger partial charge in [-0.1, -0.05) is 23.7 Å². The van der Waals surface area contributed by atoms with Crippen molar-refractivity contribution in [3.8, 4) is 22.8 Å². The van der Waals surface area contributed by atoms with Gasteiger partial charge in [0.1, 0.15) is 17.3 Å². The van der Waals surface area contributed by atoms with E-state index in [2.05, 4.69) is 10.3 Å². The summed E-state index contributed by atoms with van der Waals surface area (Å²) in [6, 6.07) is 14.8. The molecule has 37 heavy (non-hydrogen) atoms. The maximum atomic E-state index is 15.1. The zero-order chi connectivity index (χ0) is 26.1. The third-order valence-electron chi connectivity index (χ3n) is 5.92. The van der Waals surface area contributed by atoms with E-state index in [1.807, 2.05) is 6.07 Å². The smallest absolute Gasteiger partial charge is 0.252 e. The van der Waals surface area contributed by atoms with Crippen molar-refractivity contribution in [2.75, 3.05) is 19.5 Å². The third-order valence-corrected chi connectivity index (χ3v) is 6.15. The van der Waals surface area contributed by atoms with E-state index in [-0.39, 0.29) is 17.7 Å². The van der Waals surface area contributed by atoms with Crippen LogP contribution in [-0.4, -0.2) is 35.8 Å². The molecule has 0 atom stereocenters. The van der Waals surface area contributed by atoms with E-state index in [1.54, 1.807) is 48.7 Å². The summed E-state index contributed by atoms with van der Waals surface area (Å²) < 4.78 is 25.8. The number of halogens is 2. The van der Waals surface area contributed by atoms with E-state index >= 15 is 4.39 Å². The highest BCUT2D eigenvalue weighted by molar-refractivity contribution is 6.31. The van der Waals surface area contributed by atoms with Crippen LogP contribution in [0.2, 0.25) is 5.02 Å². The van der Waals surface area contributed by atoms with Crippen molar-refractivity contribution in [1.82, 2.24) is 9.97 Å². The van der Waals surface area contributed by atoms with E-state index < -0.39 is 11.7 Å². The quantitative estimate of drug-likeness (QED) is 0.366. The number of nitrogens with one attached hydrogen (secondary N) is 1. The number of methoxy groups -OCH3 is 2. The Morgan fingerprint density at radius 1 is 1.05 bits per heavy atom. The van der Waals surface area contributed by atoms with Gasteiger partial charge in [-0.25, -0.2) is 14.4 Å². The molecule has 3 aromatic carbocycles. The number of hydrogen-bond donors (Lipinski definition) is 2. The molecule has 10 heteroatoms. The van der Waals surface area contributed by atoms with Crippen molar-refractivity contribution >= 4 is 34.9 Å². The number of nitrogens with zero attached hydrogens (tertiary/aromatic N) is 3. The second kappa shape index (κ2) is 9.87. The number of ether oxygens (including phenoxy) is 2. The molecule has 0 fully saturated rings. The second-order valence-corrected chi connectivity index (χ2v) is 8.58. The lowest BCUT2D eigenvalue weighted by molar-refractivity contribution is 0.0997.